The number of carbonyl (C=O) groups is 2. The molecule has 7 heteroatoms. The van der Waals surface area contributed by atoms with Gasteiger partial charge in [-0.15, -0.1) is 11.8 Å². The first-order valence-corrected chi connectivity index (χ1v) is 12.0. The maximum absolute atomic E-state index is 13.4. The van der Waals surface area contributed by atoms with Crippen molar-refractivity contribution in [2.45, 2.75) is 11.1 Å². The smallest absolute Gasteiger partial charge is 0.257 e. The lowest BCUT2D eigenvalue weighted by Crippen LogP contribution is -2.18. The molecule has 0 saturated carbocycles. The number of amides is 1. The van der Waals surface area contributed by atoms with Gasteiger partial charge in [0.05, 0.1) is 16.9 Å². The van der Waals surface area contributed by atoms with Gasteiger partial charge in [-0.25, -0.2) is 0 Å². The fraction of sp³-hybridized carbons (Fsp3) is 0.148. The second-order valence-electron chi connectivity index (χ2n) is 8.31. The van der Waals surface area contributed by atoms with Gasteiger partial charge in [0, 0.05) is 60.8 Å². The monoisotopic (exact) mass is 468 g/mol. The Morgan fingerprint density at radius 2 is 1.85 bits per heavy atom. The molecule has 0 radical (unpaired) electrons. The quantitative estimate of drug-likeness (QED) is 0.393. The molecular weight excluding hydrogens is 444 g/mol. The van der Waals surface area contributed by atoms with Crippen LogP contribution in [0.15, 0.2) is 85.3 Å². The molecule has 1 N–H and O–H groups in total. The number of ketones is 1. The van der Waals surface area contributed by atoms with Gasteiger partial charge in [0.2, 0.25) is 0 Å². The maximum atomic E-state index is 13.4. The average molecular weight is 469 g/mol. The van der Waals surface area contributed by atoms with E-state index in [4.69, 9.17) is 0 Å². The first kappa shape index (κ1) is 22.0. The lowest BCUT2D eigenvalue weighted by Gasteiger charge is -2.19. The fourth-order valence-electron chi connectivity index (χ4n) is 4.19. The van der Waals surface area contributed by atoms with Gasteiger partial charge in [0.15, 0.2) is 5.78 Å². The molecule has 1 aliphatic heterocycles. The van der Waals surface area contributed by atoms with E-state index >= 15 is 0 Å². The van der Waals surface area contributed by atoms with E-state index in [2.05, 4.69) is 20.9 Å². The van der Waals surface area contributed by atoms with Crippen molar-refractivity contribution in [3.63, 3.8) is 0 Å². The highest BCUT2D eigenvalue weighted by atomic mass is 32.2. The normalized spacial score (nSPS) is 14.5. The van der Waals surface area contributed by atoms with E-state index in [1.807, 2.05) is 67.8 Å². The van der Waals surface area contributed by atoms with Crippen molar-refractivity contribution in [1.29, 1.82) is 0 Å². The van der Waals surface area contributed by atoms with Crippen molar-refractivity contribution in [3.05, 3.63) is 113 Å². The second-order valence-corrected chi connectivity index (χ2v) is 9.38. The highest BCUT2D eigenvalue weighted by molar-refractivity contribution is 7.99. The van der Waals surface area contributed by atoms with Gasteiger partial charge in [0.25, 0.3) is 5.91 Å². The number of anilines is 2. The zero-order valence-corrected chi connectivity index (χ0v) is 19.8. The lowest BCUT2D eigenvalue weighted by atomic mass is 10.0. The predicted molar refractivity (Wildman–Crippen MR) is 137 cm³/mol. The van der Waals surface area contributed by atoms with Gasteiger partial charge in [-0.3, -0.25) is 14.6 Å². The summed E-state index contributed by atoms with van der Waals surface area (Å²) in [5.74, 6) is 0.470. The topological polar surface area (TPSA) is 67.2 Å². The van der Waals surface area contributed by atoms with Crippen molar-refractivity contribution in [3.8, 4) is 0 Å². The molecule has 5 rings (SSSR count). The van der Waals surface area contributed by atoms with Crippen LogP contribution in [0.5, 0.6) is 0 Å². The third-order valence-electron chi connectivity index (χ3n) is 5.89. The molecule has 1 aliphatic rings. The molecule has 34 heavy (non-hydrogen) atoms. The fourth-order valence-corrected chi connectivity index (χ4v) is 5.50. The highest BCUT2D eigenvalue weighted by Crippen LogP contribution is 2.42. The Morgan fingerprint density at radius 1 is 1.03 bits per heavy atom. The van der Waals surface area contributed by atoms with Gasteiger partial charge in [-0.1, -0.05) is 36.4 Å². The third-order valence-corrected chi connectivity index (χ3v) is 7.15. The first-order valence-electron chi connectivity index (χ1n) is 11.0. The van der Waals surface area contributed by atoms with Crippen molar-refractivity contribution < 1.29 is 9.59 Å². The van der Waals surface area contributed by atoms with Crippen LogP contribution in [0.2, 0.25) is 0 Å². The van der Waals surface area contributed by atoms with Crippen molar-refractivity contribution >= 4 is 34.8 Å². The summed E-state index contributed by atoms with van der Waals surface area (Å²) < 4.78 is 2.14. The Morgan fingerprint density at radius 3 is 2.59 bits per heavy atom. The van der Waals surface area contributed by atoms with Crippen molar-refractivity contribution in [1.82, 2.24) is 9.55 Å². The molecule has 0 bridgehead atoms. The number of nitrogens with one attached hydrogen (secondary N) is 1. The summed E-state index contributed by atoms with van der Waals surface area (Å²) in [6, 6.07) is 20.4. The largest absolute Gasteiger partial charge is 0.376 e. The van der Waals surface area contributed by atoms with Crippen LogP contribution in [0.25, 0.3) is 0 Å². The first-order chi connectivity index (χ1) is 16.5. The summed E-state index contributed by atoms with van der Waals surface area (Å²) in [5, 5.41) is 3.16. The molecule has 2 aromatic carbocycles. The van der Waals surface area contributed by atoms with E-state index in [0.29, 0.717) is 22.4 Å². The molecule has 1 atom stereocenters. The number of fused-ring (bicyclic) bond motifs is 1. The Balaban J connectivity index is 1.43. The molecule has 4 aromatic rings. The number of benzene rings is 2. The molecule has 3 heterocycles. The minimum absolute atomic E-state index is 0.0816. The third kappa shape index (κ3) is 4.10. The molecule has 0 fully saturated rings. The summed E-state index contributed by atoms with van der Waals surface area (Å²) >= 11 is 1.77. The lowest BCUT2D eigenvalue weighted by molar-refractivity contribution is 0.102. The number of nitrogens with zero attached hydrogens (tertiary/aromatic N) is 3. The molecule has 1 amide bonds. The van der Waals surface area contributed by atoms with Gasteiger partial charge in [-0.2, -0.15) is 0 Å². The van der Waals surface area contributed by atoms with Crippen LogP contribution in [-0.2, 0) is 5.75 Å². The van der Waals surface area contributed by atoms with Crippen LogP contribution in [0.3, 0.4) is 0 Å². The molecule has 2 aromatic heterocycles. The summed E-state index contributed by atoms with van der Waals surface area (Å²) in [4.78, 5) is 32.5. The van der Waals surface area contributed by atoms with Crippen LogP contribution in [-0.4, -0.2) is 35.3 Å². The van der Waals surface area contributed by atoms with Crippen LogP contribution in [0.1, 0.15) is 42.9 Å². The number of pyridine rings is 1. The standard InChI is InChI=1S/C27H24N4O2S/c1-30(2)23-11-10-19(25(32)18-7-4-3-5-8-18)15-22(23)29-26(33)21-12-14-31-24(21)17-34-27(31)20-9-6-13-28-16-20/h3-16,27H,17H2,1-2H3,(H,29,33). The van der Waals surface area contributed by atoms with E-state index in [1.165, 1.54) is 0 Å². The maximum Gasteiger partial charge on any atom is 0.257 e. The Bertz CT molecular complexity index is 1350. The molecule has 170 valence electrons. The van der Waals surface area contributed by atoms with Gasteiger partial charge in [0.1, 0.15) is 5.37 Å². The minimum atomic E-state index is -0.186. The summed E-state index contributed by atoms with van der Waals surface area (Å²) in [7, 11) is 3.82. The average Bonchev–Trinajstić information content (AvgIpc) is 3.47. The van der Waals surface area contributed by atoms with E-state index < -0.39 is 0 Å². The Hall–Kier alpha value is -3.84. The number of aromatic nitrogens is 2. The predicted octanol–water partition coefficient (Wildman–Crippen LogP) is 5.23. The molecule has 6 nitrogen and oxygen atoms in total. The Labute approximate surface area is 202 Å². The molecule has 0 aliphatic carbocycles. The number of hydrogen-bond acceptors (Lipinski definition) is 5. The zero-order chi connectivity index (χ0) is 23.7. The molecule has 1 unspecified atom stereocenters. The molecule has 0 saturated heterocycles. The molecular formula is C27H24N4O2S. The molecule has 0 spiro atoms. The summed E-state index contributed by atoms with van der Waals surface area (Å²) in [6.07, 6.45) is 5.59. The highest BCUT2D eigenvalue weighted by Gasteiger charge is 2.29. The number of rotatable bonds is 6. The van der Waals surface area contributed by atoms with E-state index in [1.54, 1.807) is 42.2 Å². The van der Waals surface area contributed by atoms with Gasteiger partial charge >= 0.3 is 0 Å². The summed E-state index contributed by atoms with van der Waals surface area (Å²) in [5.41, 5.74) is 5.31. The van der Waals surface area contributed by atoms with Crippen LogP contribution in [0.4, 0.5) is 11.4 Å². The van der Waals surface area contributed by atoms with Crippen LogP contribution >= 0.6 is 11.8 Å². The number of thioether (sulfide) groups is 1. The Kier molecular flexibility index (Phi) is 5.94. The van der Waals surface area contributed by atoms with E-state index in [0.717, 1.165) is 22.7 Å². The van der Waals surface area contributed by atoms with E-state index in [9.17, 15) is 9.59 Å². The SMILES string of the molecule is CN(C)c1ccc(C(=O)c2ccccc2)cc1NC(=O)c1ccn2c1CSC2c1cccnc1. The number of carbonyl (C=O) groups excluding carboxylic acids is 2. The minimum Gasteiger partial charge on any atom is -0.376 e. The number of hydrogen-bond donors (Lipinski definition) is 1. The van der Waals surface area contributed by atoms with Gasteiger partial charge in [-0.05, 0) is 30.3 Å². The summed E-state index contributed by atoms with van der Waals surface area (Å²) in [6.45, 7) is 0. The van der Waals surface area contributed by atoms with Crippen LogP contribution in [0, 0.1) is 0 Å². The van der Waals surface area contributed by atoms with Crippen LogP contribution < -0.4 is 10.2 Å². The van der Waals surface area contributed by atoms with E-state index in [-0.39, 0.29) is 17.1 Å². The van der Waals surface area contributed by atoms with Crippen molar-refractivity contribution in [2.24, 2.45) is 0 Å². The van der Waals surface area contributed by atoms with Crippen molar-refractivity contribution in [2.75, 3.05) is 24.3 Å². The zero-order valence-electron chi connectivity index (χ0n) is 18.9. The van der Waals surface area contributed by atoms with Gasteiger partial charge < -0.3 is 14.8 Å². The second kappa shape index (κ2) is 9.19.